The van der Waals surface area contributed by atoms with Crippen molar-refractivity contribution in [1.82, 2.24) is 0 Å². The Morgan fingerprint density at radius 1 is 1.33 bits per heavy atom. The van der Waals surface area contributed by atoms with Crippen molar-refractivity contribution in [2.75, 3.05) is 11.9 Å². The predicted molar refractivity (Wildman–Crippen MR) is 57.2 cm³/mol. The molecule has 0 spiro atoms. The molecule has 0 saturated heterocycles. The molecule has 1 nitrogen and oxygen atoms in total. The third kappa shape index (κ3) is 2.18. The van der Waals surface area contributed by atoms with Crippen LogP contribution >= 0.6 is 12.6 Å². The molecule has 0 unspecified atom stereocenters. The van der Waals surface area contributed by atoms with Crippen molar-refractivity contribution < 1.29 is 0 Å². The summed E-state index contributed by atoms with van der Waals surface area (Å²) in [5.74, 6) is 0. The molecule has 1 aromatic carbocycles. The molecular weight excluding hydrogens is 166 g/mol. The Balaban J connectivity index is 2.91. The molecule has 0 radical (unpaired) electrons. The fourth-order valence-corrected chi connectivity index (χ4v) is 1.35. The van der Waals surface area contributed by atoms with E-state index < -0.39 is 0 Å². The maximum Gasteiger partial charge on any atom is 0.0478 e. The van der Waals surface area contributed by atoms with Gasteiger partial charge in [-0.25, -0.2) is 0 Å². The van der Waals surface area contributed by atoms with Gasteiger partial charge in [-0.1, -0.05) is 13.0 Å². The third-order valence-corrected chi connectivity index (χ3v) is 2.23. The van der Waals surface area contributed by atoms with E-state index in [0.717, 1.165) is 23.5 Å². The van der Waals surface area contributed by atoms with E-state index in [1.54, 1.807) is 0 Å². The molecule has 0 saturated carbocycles. The van der Waals surface area contributed by atoms with Gasteiger partial charge >= 0.3 is 0 Å². The largest absolute Gasteiger partial charge is 0.384 e. The maximum atomic E-state index is 4.36. The number of hydrogen-bond donors (Lipinski definition) is 2. The zero-order valence-corrected chi connectivity index (χ0v) is 8.49. The average molecular weight is 181 g/mol. The molecule has 1 rings (SSSR count). The van der Waals surface area contributed by atoms with Gasteiger partial charge in [0.2, 0.25) is 0 Å². The fraction of sp³-hybridized carbons (Fsp3) is 0.400. The van der Waals surface area contributed by atoms with Crippen LogP contribution in [0.15, 0.2) is 23.1 Å². The minimum absolute atomic E-state index is 0.945. The standard InChI is InChI=1S/C10H15NS/c1-3-8-5-6-10(12)9(7-8)11-4-2/h5-7,11-12H,3-4H2,1-2H3. The number of thiol groups is 1. The highest BCUT2D eigenvalue weighted by molar-refractivity contribution is 7.80. The summed E-state index contributed by atoms with van der Waals surface area (Å²) in [6, 6.07) is 6.31. The average Bonchev–Trinajstić information content (AvgIpc) is 2.09. The number of benzene rings is 1. The van der Waals surface area contributed by atoms with Crippen molar-refractivity contribution in [2.45, 2.75) is 25.2 Å². The van der Waals surface area contributed by atoms with Crippen LogP contribution in [0.25, 0.3) is 0 Å². The van der Waals surface area contributed by atoms with Gasteiger partial charge in [0.25, 0.3) is 0 Å². The Bertz CT molecular complexity index is 258. The van der Waals surface area contributed by atoms with Crippen LogP contribution in [0, 0.1) is 0 Å². The second-order valence-electron chi connectivity index (χ2n) is 2.74. The van der Waals surface area contributed by atoms with E-state index >= 15 is 0 Å². The van der Waals surface area contributed by atoms with Crippen molar-refractivity contribution in [1.29, 1.82) is 0 Å². The van der Waals surface area contributed by atoms with Crippen LogP contribution < -0.4 is 5.32 Å². The Hall–Kier alpha value is -0.630. The fourth-order valence-electron chi connectivity index (χ4n) is 1.14. The van der Waals surface area contributed by atoms with Gasteiger partial charge in [0.15, 0.2) is 0 Å². The number of hydrogen-bond acceptors (Lipinski definition) is 2. The molecule has 0 amide bonds. The van der Waals surface area contributed by atoms with Crippen LogP contribution in [0.3, 0.4) is 0 Å². The number of rotatable bonds is 3. The molecule has 0 bridgehead atoms. The van der Waals surface area contributed by atoms with Crippen LogP contribution in [0.1, 0.15) is 19.4 Å². The first kappa shape index (κ1) is 9.46. The Labute approximate surface area is 79.6 Å². The summed E-state index contributed by atoms with van der Waals surface area (Å²) in [4.78, 5) is 1.02. The lowest BCUT2D eigenvalue weighted by molar-refractivity contribution is 1.12. The van der Waals surface area contributed by atoms with Crippen molar-refractivity contribution in [3.63, 3.8) is 0 Å². The first-order valence-corrected chi connectivity index (χ1v) is 4.78. The highest BCUT2D eigenvalue weighted by Gasteiger charge is 1.97. The molecule has 0 aliphatic carbocycles. The molecule has 0 fully saturated rings. The first-order chi connectivity index (χ1) is 5.77. The molecular formula is C10H15NS. The molecule has 0 aliphatic heterocycles. The summed E-state index contributed by atoms with van der Waals surface area (Å²) in [5.41, 5.74) is 2.49. The van der Waals surface area contributed by atoms with Gasteiger partial charge in [-0.05, 0) is 31.0 Å². The molecule has 0 heterocycles. The van der Waals surface area contributed by atoms with Crippen LogP contribution in [-0.4, -0.2) is 6.54 Å². The van der Waals surface area contributed by atoms with Gasteiger partial charge < -0.3 is 5.32 Å². The van der Waals surface area contributed by atoms with Crippen LogP contribution in [0.5, 0.6) is 0 Å². The number of anilines is 1. The van der Waals surface area contributed by atoms with E-state index in [1.165, 1.54) is 5.56 Å². The molecule has 12 heavy (non-hydrogen) atoms. The second-order valence-corrected chi connectivity index (χ2v) is 3.22. The van der Waals surface area contributed by atoms with Crippen molar-refractivity contribution in [3.8, 4) is 0 Å². The number of aryl methyl sites for hydroxylation is 1. The van der Waals surface area contributed by atoms with Gasteiger partial charge in [0.1, 0.15) is 0 Å². The topological polar surface area (TPSA) is 12.0 Å². The van der Waals surface area contributed by atoms with Crippen molar-refractivity contribution >= 4 is 18.3 Å². The van der Waals surface area contributed by atoms with Gasteiger partial charge in [0.05, 0.1) is 0 Å². The van der Waals surface area contributed by atoms with E-state index in [0.29, 0.717) is 0 Å². The molecule has 0 aromatic heterocycles. The minimum Gasteiger partial charge on any atom is -0.384 e. The predicted octanol–water partition coefficient (Wildman–Crippen LogP) is 2.97. The normalized spacial score (nSPS) is 9.92. The quantitative estimate of drug-likeness (QED) is 0.683. The van der Waals surface area contributed by atoms with E-state index in [4.69, 9.17) is 0 Å². The molecule has 1 aromatic rings. The van der Waals surface area contributed by atoms with Crippen molar-refractivity contribution in [3.05, 3.63) is 23.8 Å². The highest BCUT2D eigenvalue weighted by Crippen LogP contribution is 2.21. The monoisotopic (exact) mass is 181 g/mol. The van der Waals surface area contributed by atoms with E-state index in [-0.39, 0.29) is 0 Å². The van der Waals surface area contributed by atoms with E-state index in [9.17, 15) is 0 Å². The lowest BCUT2D eigenvalue weighted by Crippen LogP contribution is -1.98. The summed E-state index contributed by atoms with van der Waals surface area (Å²) in [6.07, 6.45) is 1.08. The Morgan fingerprint density at radius 3 is 2.67 bits per heavy atom. The first-order valence-electron chi connectivity index (χ1n) is 4.33. The van der Waals surface area contributed by atoms with Crippen molar-refractivity contribution in [2.24, 2.45) is 0 Å². The molecule has 66 valence electrons. The number of nitrogens with one attached hydrogen (secondary N) is 1. The van der Waals surface area contributed by atoms with E-state index in [2.05, 4.69) is 43.9 Å². The van der Waals surface area contributed by atoms with Gasteiger partial charge in [-0.3, -0.25) is 0 Å². The van der Waals surface area contributed by atoms with E-state index in [1.807, 2.05) is 6.07 Å². The Kier molecular flexibility index (Phi) is 3.48. The molecule has 1 N–H and O–H groups in total. The zero-order chi connectivity index (χ0) is 8.97. The summed E-state index contributed by atoms with van der Waals surface area (Å²) >= 11 is 4.36. The maximum absolute atomic E-state index is 4.36. The zero-order valence-electron chi connectivity index (χ0n) is 7.59. The minimum atomic E-state index is 0.945. The molecule has 2 heteroatoms. The lowest BCUT2D eigenvalue weighted by Gasteiger charge is -2.07. The van der Waals surface area contributed by atoms with Gasteiger partial charge in [-0.2, -0.15) is 0 Å². The SMILES string of the molecule is CCNc1cc(CC)ccc1S. The lowest BCUT2D eigenvalue weighted by atomic mass is 10.1. The van der Waals surface area contributed by atoms with Crippen LogP contribution in [0.2, 0.25) is 0 Å². The van der Waals surface area contributed by atoms with Crippen LogP contribution in [-0.2, 0) is 6.42 Å². The summed E-state index contributed by atoms with van der Waals surface area (Å²) in [6.45, 7) is 5.19. The molecule has 0 atom stereocenters. The van der Waals surface area contributed by atoms with Crippen LogP contribution in [0.4, 0.5) is 5.69 Å². The smallest absolute Gasteiger partial charge is 0.0478 e. The molecule has 0 aliphatic rings. The van der Waals surface area contributed by atoms with Gasteiger partial charge in [-0.15, -0.1) is 12.6 Å². The summed E-state index contributed by atoms with van der Waals surface area (Å²) in [7, 11) is 0. The second kappa shape index (κ2) is 4.41. The third-order valence-electron chi connectivity index (χ3n) is 1.84. The summed E-state index contributed by atoms with van der Waals surface area (Å²) < 4.78 is 0. The summed E-state index contributed by atoms with van der Waals surface area (Å²) in [5, 5.41) is 3.27. The Morgan fingerprint density at radius 2 is 2.08 bits per heavy atom. The highest BCUT2D eigenvalue weighted by atomic mass is 32.1. The van der Waals surface area contributed by atoms with Gasteiger partial charge in [0, 0.05) is 17.1 Å².